The summed E-state index contributed by atoms with van der Waals surface area (Å²) in [6, 6.07) is 0. The van der Waals surface area contributed by atoms with Crippen LogP contribution >= 0.6 is 11.5 Å². The molecule has 2 rings (SSSR count). The maximum absolute atomic E-state index is 11.1. The van der Waals surface area contributed by atoms with Crippen LogP contribution in [-0.2, 0) is 0 Å². The number of carboxylic acid groups (broad SMARTS) is 1. The fraction of sp³-hybridized carbons (Fsp3) is 0. The van der Waals surface area contributed by atoms with E-state index in [4.69, 9.17) is 5.11 Å². The average molecular weight is 213 g/mol. The van der Waals surface area contributed by atoms with Crippen molar-refractivity contribution in [3.05, 3.63) is 26.5 Å². The van der Waals surface area contributed by atoms with E-state index in [9.17, 15) is 14.4 Å². The first-order chi connectivity index (χ1) is 6.59. The zero-order chi connectivity index (χ0) is 10.3. The van der Waals surface area contributed by atoms with E-state index in [1.54, 1.807) is 0 Å². The summed E-state index contributed by atoms with van der Waals surface area (Å²) in [5.74, 6) is -1.28. The van der Waals surface area contributed by atoms with Crippen LogP contribution < -0.4 is 11.2 Å². The van der Waals surface area contributed by atoms with Crippen LogP contribution in [0.4, 0.5) is 0 Å². The Morgan fingerprint density at radius 2 is 2.07 bits per heavy atom. The molecule has 0 fully saturated rings. The summed E-state index contributed by atoms with van der Waals surface area (Å²) >= 11 is 0.733. The standard InChI is InChI=1S/C6H3N3O4S/c10-4-3-1(7-6(13)8-4)2(5(11)12)9-14-3/h(H,11,12)(H2,7,8,10,13). The van der Waals surface area contributed by atoms with Crippen molar-refractivity contribution in [1.29, 1.82) is 0 Å². The van der Waals surface area contributed by atoms with Crippen LogP contribution in [0.2, 0.25) is 0 Å². The van der Waals surface area contributed by atoms with Gasteiger partial charge in [0.15, 0.2) is 5.69 Å². The quantitative estimate of drug-likeness (QED) is 0.583. The van der Waals surface area contributed by atoms with Crippen molar-refractivity contribution in [1.82, 2.24) is 14.3 Å². The van der Waals surface area contributed by atoms with Gasteiger partial charge >= 0.3 is 11.7 Å². The Bertz CT molecular complexity index is 622. The lowest BCUT2D eigenvalue weighted by Gasteiger charge is -1.88. The number of fused-ring (bicyclic) bond motifs is 1. The predicted molar refractivity (Wildman–Crippen MR) is 47.8 cm³/mol. The molecule has 0 unspecified atom stereocenters. The van der Waals surface area contributed by atoms with Gasteiger partial charge in [-0.25, -0.2) is 9.59 Å². The molecule has 7 nitrogen and oxygen atoms in total. The summed E-state index contributed by atoms with van der Waals surface area (Å²) < 4.78 is 3.65. The lowest BCUT2D eigenvalue weighted by Crippen LogP contribution is -2.21. The van der Waals surface area contributed by atoms with Gasteiger partial charge in [0, 0.05) is 0 Å². The first-order valence-corrected chi connectivity index (χ1v) is 4.22. The molecule has 2 aromatic rings. The first-order valence-electron chi connectivity index (χ1n) is 3.45. The number of hydrogen-bond acceptors (Lipinski definition) is 5. The monoisotopic (exact) mass is 213 g/mol. The van der Waals surface area contributed by atoms with E-state index in [1.165, 1.54) is 0 Å². The molecular weight excluding hydrogens is 210 g/mol. The second-order valence-corrected chi connectivity index (χ2v) is 3.22. The molecule has 0 aliphatic rings. The average Bonchev–Trinajstić information content (AvgIpc) is 2.47. The van der Waals surface area contributed by atoms with Crippen molar-refractivity contribution < 1.29 is 9.90 Å². The molecule has 0 aliphatic carbocycles. The van der Waals surface area contributed by atoms with Gasteiger partial charge in [0.05, 0.1) is 0 Å². The van der Waals surface area contributed by atoms with E-state index >= 15 is 0 Å². The van der Waals surface area contributed by atoms with Crippen LogP contribution in [0.1, 0.15) is 10.5 Å². The fourth-order valence-electron chi connectivity index (χ4n) is 1.01. The molecule has 0 aliphatic heterocycles. The zero-order valence-corrected chi connectivity index (χ0v) is 7.34. The van der Waals surface area contributed by atoms with Crippen LogP contribution in [0, 0.1) is 0 Å². The highest BCUT2D eigenvalue weighted by molar-refractivity contribution is 7.13. The summed E-state index contributed by atoms with van der Waals surface area (Å²) in [6.45, 7) is 0. The third-order valence-corrected chi connectivity index (χ3v) is 2.41. The lowest BCUT2D eigenvalue weighted by molar-refractivity contribution is 0.0694. The molecule has 14 heavy (non-hydrogen) atoms. The largest absolute Gasteiger partial charge is 0.476 e. The normalized spacial score (nSPS) is 10.6. The van der Waals surface area contributed by atoms with Crippen LogP contribution in [0.5, 0.6) is 0 Å². The number of nitrogens with zero attached hydrogens (tertiary/aromatic N) is 1. The molecule has 8 heteroatoms. The molecule has 72 valence electrons. The molecule has 0 atom stereocenters. The number of carboxylic acids is 1. The van der Waals surface area contributed by atoms with Gasteiger partial charge in [-0.1, -0.05) is 0 Å². The van der Waals surface area contributed by atoms with Crippen molar-refractivity contribution >= 4 is 27.7 Å². The number of hydrogen-bond donors (Lipinski definition) is 3. The summed E-state index contributed by atoms with van der Waals surface area (Å²) in [6.07, 6.45) is 0. The Balaban J connectivity index is 3.00. The highest BCUT2D eigenvalue weighted by Gasteiger charge is 2.15. The zero-order valence-electron chi connectivity index (χ0n) is 6.53. The van der Waals surface area contributed by atoms with Crippen molar-refractivity contribution in [2.24, 2.45) is 0 Å². The van der Waals surface area contributed by atoms with Crippen molar-refractivity contribution in [2.75, 3.05) is 0 Å². The van der Waals surface area contributed by atoms with E-state index in [0.717, 1.165) is 11.5 Å². The van der Waals surface area contributed by atoms with E-state index in [-0.39, 0.29) is 15.9 Å². The minimum atomic E-state index is -1.28. The topological polar surface area (TPSA) is 116 Å². The Morgan fingerprint density at radius 3 is 2.71 bits per heavy atom. The summed E-state index contributed by atoms with van der Waals surface area (Å²) in [5.41, 5.74) is -1.72. The van der Waals surface area contributed by atoms with E-state index in [0.29, 0.717) is 0 Å². The number of aromatic nitrogens is 3. The van der Waals surface area contributed by atoms with Gasteiger partial charge in [-0.05, 0) is 11.5 Å². The predicted octanol–water partition coefficient (Wildman–Crippen LogP) is -0.629. The SMILES string of the molecule is O=C(O)c1nsc2c(=O)[nH]c(=O)[nH]c12. The van der Waals surface area contributed by atoms with Gasteiger partial charge in [-0.2, -0.15) is 4.37 Å². The van der Waals surface area contributed by atoms with E-state index in [1.807, 2.05) is 4.98 Å². The van der Waals surface area contributed by atoms with Crippen LogP contribution in [-0.4, -0.2) is 25.4 Å². The van der Waals surface area contributed by atoms with Crippen LogP contribution in [0.25, 0.3) is 10.2 Å². The molecule has 0 radical (unpaired) electrons. The molecule has 0 saturated heterocycles. The van der Waals surface area contributed by atoms with Gasteiger partial charge in [-0.3, -0.25) is 9.78 Å². The van der Waals surface area contributed by atoms with Crippen molar-refractivity contribution in [2.45, 2.75) is 0 Å². The Labute approximate surface area is 79.2 Å². The Kier molecular flexibility index (Phi) is 1.71. The fourth-order valence-corrected chi connectivity index (χ4v) is 1.74. The second kappa shape index (κ2) is 2.77. The van der Waals surface area contributed by atoms with Gasteiger partial charge in [0.1, 0.15) is 10.2 Å². The Morgan fingerprint density at radius 1 is 1.36 bits per heavy atom. The second-order valence-electron chi connectivity index (χ2n) is 2.45. The molecule has 0 aromatic carbocycles. The smallest absolute Gasteiger partial charge is 0.357 e. The van der Waals surface area contributed by atoms with Gasteiger partial charge < -0.3 is 10.1 Å². The van der Waals surface area contributed by atoms with Crippen molar-refractivity contribution in [3.8, 4) is 0 Å². The number of aromatic amines is 2. The lowest BCUT2D eigenvalue weighted by atomic mass is 10.3. The number of carbonyl (C=O) groups is 1. The molecule has 3 N–H and O–H groups in total. The van der Waals surface area contributed by atoms with Crippen LogP contribution in [0.3, 0.4) is 0 Å². The third-order valence-electron chi connectivity index (χ3n) is 1.57. The molecular formula is C6H3N3O4S. The van der Waals surface area contributed by atoms with E-state index < -0.39 is 17.2 Å². The van der Waals surface area contributed by atoms with Gasteiger partial charge in [-0.15, -0.1) is 0 Å². The number of aromatic carboxylic acids is 1. The molecule has 0 bridgehead atoms. The molecule has 2 aromatic heterocycles. The van der Waals surface area contributed by atoms with E-state index in [2.05, 4.69) is 9.36 Å². The van der Waals surface area contributed by atoms with Gasteiger partial charge in [0.2, 0.25) is 0 Å². The third kappa shape index (κ3) is 1.12. The van der Waals surface area contributed by atoms with Crippen molar-refractivity contribution in [3.63, 3.8) is 0 Å². The summed E-state index contributed by atoms with van der Waals surface area (Å²) in [5, 5.41) is 8.66. The maximum atomic E-state index is 11.1. The molecule has 0 amide bonds. The van der Waals surface area contributed by atoms with Crippen LogP contribution in [0.15, 0.2) is 9.59 Å². The molecule has 0 saturated carbocycles. The maximum Gasteiger partial charge on any atom is 0.357 e. The Hall–Kier alpha value is -1.96. The number of nitrogens with one attached hydrogen (secondary N) is 2. The minimum absolute atomic E-state index is 0.0312. The van der Waals surface area contributed by atoms with Gasteiger partial charge in [0.25, 0.3) is 5.56 Å². The minimum Gasteiger partial charge on any atom is -0.476 e. The molecule has 2 heterocycles. The summed E-state index contributed by atoms with van der Waals surface area (Å²) in [4.78, 5) is 36.8. The molecule has 0 spiro atoms. The number of rotatable bonds is 1. The number of H-pyrrole nitrogens is 2. The highest BCUT2D eigenvalue weighted by atomic mass is 32.1. The highest BCUT2D eigenvalue weighted by Crippen LogP contribution is 2.14. The summed E-state index contributed by atoms with van der Waals surface area (Å²) in [7, 11) is 0. The first kappa shape index (κ1) is 8.63.